The highest BCUT2D eigenvalue weighted by atomic mass is 32.2. The maximum Gasteiger partial charge on any atom is 0.355 e. The van der Waals surface area contributed by atoms with Gasteiger partial charge in [-0.3, -0.25) is 4.79 Å². The summed E-state index contributed by atoms with van der Waals surface area (Å²) in [5.41, 5.74) is -0.160. The second-order valence-electron chi connectivity index (χ2n) is 3.05. The zero-order valence-corrected chi connectivity index (χ0v) is 9.87. The van der Waals surface area contributed by atoms with Crippen LogP contribution >= 0.6 is 11.8 Å². The number of thioether (sulfide) groups is 1. The number of carbonyl (C=O) groups excluding carboxylic acids is 1. The molecular formula is C10H12N2O3S. The molecule has 0 saturated heterocycles. The summed E-state index contributed by atoms with van der Waals surface area (Å²) < 4.78 is 0. The second kappa shape index (κ2) is 5.60. The standard InChI is InChI=1S/C10H12N2O3S/c1-3-16-5-8-11-4-7(6(2)13)9(12-8)10(14)15/h4H,3,5H2,1-2H3,(H,14,15). The summed E-state index contributed by atoms with van der Waals surface area (Å²) in [7, 11) is 0. The third-order valence-corrected chi connectivity index (χ3v) is 2.73. The Hall–Kier alpha value is -1.43. The summed E-state index contributed by atoms with van der Waals surface area (Å²) in [5, 5.41) is 8.92. The van der Waals surface area contributed by atoms with Crippen molar-refractivity contribution in [3.05, 3.63) is 23.3 Å². The smallest absolute Gasteiger partial charge is 0.355 e. The van der Waals surface area contributed by atoms with E-state index in [1.54, 1.807) is 11.8 Å². The van der Waals surface area contributed by atoms with Crippen molar-refractivity contribution in [3.63, 3.8) is 0 Å². The van der Waals surface area contributed by atoms with Crippen LogP contribution in [0.5, 0.6) is 0 Å². The minimum Gasteiger partial charge on any atom is -0.476 e. The lowest BCUT2D eigenvalue weighted by molar-refractivity contribution is 0.0685. The maximum atomic E-state index is 11.1. The fourth-order valence-corrected chi connectivity index (χ4v) is 1.63. The average molecular weight is 240 g/mol. The molecule has 0 aliphatic heterocycles. The van der Waals surface area contributed by atoms with E-state index in [9.17, 15) is 9.59 Å². The highest BCUT2D eigenvalue weighted by Crippen LogP contribution is 2.11. The molecule has 6 heteroatoms. The number of aromatic carboxylic acids is 1. The van der Waals surface area contributed by atoms with Crippen LogP contribution < -0.4 is 0 Å². The average Bonchev–Trinajstić information content (AvgIpc) is 2.25. The van der Waals surface area contributed by atoms with Crippen LogP contribution in [0.15, 0.2) is 6.20 Å². The van der Waals surface area contributed by atoms with Crippen LogP contribution in [-0.2, 0) is 5.75 Å². The zero-order chi connectivity index (χ0) is 12.1. The maximum absolute atomic E-state index is 11.1. The molecule has 0 fully saturated rings. The predicted octanol–water partition coefficient (Wildman–Crippen LogP) is 1.63. The first-order valence-corrected chi connectivity index (χ1v) is 5.89. The number of hydrogen-bond acceptors (Lipinski definition) is 5. The van der Waals surface area contributed by atoms with E-state index in [0.29, 0.717) is 11.6 Å². The Morgan fingerprint density at radius 1 is 1.50 bits per heavy atom. The molecule has 0 aromatic carbocycles. The Morgan fingerprint density at radius 2 is 2.19 bits per heavy atom. The van der Waals surface area contributed by atoms with Gasteiger partial charge in [-0.25, -0.2) is 14.8 Å². The lowest BCUT2D eigenvalue weighted by atomic mass is 10.1. The van der Waals surface area contributed by atoms with E-state index in [1.807, 2.05) is 6.92 Å². The molecule has 1 heterocycles. The molecule has 1 aromatic rings. The van der Waals surface area contributed by atoms with Crippen LogP contribution in [0.4, 0.5) is 0 Å². The van der Waals surface area contributed by atoms with Gasteiger partial charge < -0.3 is 5.11 Å². The van der Waals surface area contributed by atoms with Crippen LogP contribution in [0, 0.1) is 0 Å². The monoisotopic (exact) mass is 240 g/mol. The molecule has 1 N–H and O–H groups in total. The Kier molecular flexibility index (Phi) is 4.42. The Morgan fingerprint density at radius 3 is 2.69 bits per heavy atom. The van der Waals surface area contributed by atoms with Gasteiger partial charge in [-0.15, -0.1) is 0 Å². The Balaban J connectivity index is 3.07. The topological polar surface area (TPSA) is 80.2 Å². The van der Waals surface area contributed by atoms with E-state index in [0.717, 1.165) is 5.75 Å². The third kappa shape index (κ3) is 3.03. The summed E-state index contributed by atoms with van der Waals surface area (Å²) in [4.78, 5) is 29.9. The van der Waals surface area contributed by atoms with Gasteiger partial charge in [0.2, 0.25) is 0 Å². The third-order valence-electron chi connectivity index (χ3n) is 1.86. The molecule has 0 unspecified atom stereocenters. The summed E-state index contributed by atoms with van der Waals surface area (Å²) in [6.07, 6.45) is 1.28. The number of Topliss-reactive ketones (excluding diaryl/α,β-unsaturated/α-hetero) is 1. The van der Waals surface area contributed by atoms with Crippen LogP contribution in [-0.4, -0.2) is 32.6 Å². The van der Waals surface area contributed by atoms with Crippen molar-refractivity contribution in [2.75, 3.05) is 5.75 Å². The number of carboxylic acids is 1. The van der Waals surface area contributed by atoms with Crippen molar-refractivity contribution >= 4 is 23.5 Å². The SMILES string of the molecule is CCSCc1ncc(C(C)=O)c(C(=O)O)n1. The minimum absolute atomic E-state index is 0.0535. The highest BCUT2D eigenvalue weighted by molar-refractivity contribution is 7.98. The Bertz CT molecular complexity index is 421. The normalized spacial score (nSPS) is 10.1. The number of aromatic nitrogens is 2. The molecule has 1 aromatic heterocycles. The molecule has 0 saturated carbocycles. The van der Waals surface area contributed by atoms with Gasteiger partial charge >= 0.3 is 5.97 Å². The van der Waals surface area contributed by atoms with E-state index < -0.39 is 5.97 Å². The highest BCUT2D eigenvalue weighted by Gasteiger charge is 2.16. The second-order valence-corrected chi connectivity index (χ2v) is 4.32. The fraction of sp³-hybridized carbons (Fsp3) is 0.400. The molecule has 1 rings (SSSR count). The van der Waals surface area contributed by atoms with Crippen molar-refractivity contribution < 1.29 is 14.7 Å². The molecular weight excluding hydrogens is 228 g/mol. The summed E-state index contributed by atoms with van der Waals surface area (Å²) in [6, 6.07) is 0. The van der Waals surface area contributed by atoms with E-state index in [-0.39, 0.29) is 17.0 Å². The van der Waals surface area contributed by atoms with Gasteiger partial charge in [-0.2, -0.15) is 11.8 Å². The first kappa shape index (κ1) is 12.6. The van der Waals surface area contributed by atoms with Gasteiger partial charge in [0.15, 0.2) is 11.5 Å². The number of hydrogen-bond donors (Lipinski definition) is 1. The van der Waals surface area contributed by atoms with Gasteiger partial charge in [0.1, 0.15) is 5.82 Å². The quantitative estimate of drug-likeness (QED) is 0.788. The van der Waals surface area contributed by atoms with Crippen molar-refractivity contribution in [3.8, 4) is 0 Å². The zero-order valence-electron chi connectivity index (χ0n) is 9.06. The number of carbonyl (C=O) groups is 2. The van der Waals surface area contributed by atoms with Crippen molar-refractivity contribution in [2.24, 2.45) is 0 Å². The predicted molar refractivity (Wildman–Crippen MR) is 60.8 cm³/mol. The van der Waals surface area contributed by atoms with Gasteiger partial charge in [0.05, 0.1) is 11.3 Å². The number of nitrogens with zero attached hydrogens (tertiary/aromatic N) is 2. The molecule has 86 valence electrons. The number of carboxylic acid groups (broad SMARTS) is 1. The Labute approximate surface area is 97.3 Å². The van der Waals surface area contributed by atoms with E-state index >= 15 is 0 Å². The van der Waals surface area contributed by atoms with Crippen LogP contribution in [0.2, 0.25) is 0 Å². The van der Waals surface area contributed by atoms with Crippen LogP contribution in [0.1, 0.15) is 40.5 Å². The van der Waals surface area contributed by atoms with Crippen molar-refractivity contribution in [1.82, 2.24) is 9.97 Å². The molecule has 16 heavy (non-hydrogen) atoms. The summed E-state index contributed by atoms with van der Waals surface area (Å²) in [5.74, 6) is 0.353. The largest absolute Gasteiger partial charge is 0.476 e. The van der Waals surface area contributed by atoms with E-state index in [1.165, 1.54) is 13.1 Å². The molecule has 5 nitrogen and oxygen atoms in total. The molecule has 0 aliphatic rings. The van der Waals surface area contributed by atoms with E-state index in [4.69, 9.17) is 5.11 Å². The molecule has 0 amide bonds. The molecule has 0 atom stereocenters. The van der Waals surface area contributed by atoms with Gasteiger partial charge in [-0.1, -0.05) is 6.92 Å². The molecule has 0 radical (unpaired) electrons. The summed E-state index contributed by atoms with van der Waals surface area (Å²) >= 11 is 1.59. The molecule has 0 bridgehead atoms. The lowest BCUT2D eigenvalue weighted by Crippen LogP contribution is -2.12. The lowest BCUT2D eigenvalue weighted by Gasteiger charge is -2.03. The van der Waals surface area contributed by atoms with Crippen LogP contribution in [0.3, 0.4) is 0 Å². The van der Waals surface area contributed by atoms with Gasteiger partial charge in [0, 0.05) is 6.20 Å². The van der Waals surface area contributed by atoms with Gasteiger partial charge in [0.25, 0.3) is 0 Å². The summed E-state index contributed by atoms with van der Waals surface area (Å²) in [6.45, 7) is 3.29. The van der Waals surface area contributed by atoms with E-state index in [2.05, 4.69) is 9.97 Å². The van der Waals surface area contributed by atoms with Crippen molar-refractivity contribution in [2.45, 2.75) is 19.6 Å². The number of rotatable bonds is 5. The molecule has 0 aliphatic carbocycles. The first-order chi connectivity index (χ1) is 7.56. The molecule has 0 spiro atoms. The van der Waals surface area contributed by atoms with Gasteiger partial charge in [-0.05, 0) is 12.7 Å². The fourth-order valence-electron chi connectivity index (χ4n) is 1.10. The van der Waals surface area contributed by atoms with Crippen LogP contribution in [0.25, 0.3) is 0 Å². The van der Waals surface area contributed by atoms with Crippen molar-refractivity contribution in [1.29, 1.82) is 0 Å². The first-order valence-electron chi connectivity index (χ1n) is 4.74. The number of ketones is 1. The minimum atomic E-state index is -1.20.